The lowest BCUT2D eigenvalue weighted by molar-refractivity contribution is -0.125. The molecule has 0 saturated carbocycles. The first-order valence-corrected chi connectivity index (χ1v) is 5.71. The normalized spacial score (nSPS) is 24.9. The Bertz CT molecular complexity index is 325. The third-order valence-corrected chi connectivity index (χ3v) is 2.96. The zero-order valence-electron chi connectivity index (χ0n) is 9.21. The van der Waals surface area contributed by atoms with E-state index in [9.17, 15) is 9.59 Å². The summed E-state index contributed by atoms with van der Waals surface area (Å²) in [6.07, 6.45) is 4.17. The molecule has 2 heterocycles. The van der Waals surface area contributed by atoms with Gasteiger partial charge in [0.1, 0.15) is 6.04 Å². The molecule has 1 saturated heterocycles. The molecule has 2 amide bonds. The molecule has 0 bridgehead atoms. The predicted molar refractivity (Wildman–Crippen MR) is 59.7 cm³/mol. The van der Waals surface area contributed by atoms with E-state index in [2.05, 4.69) is 22.0 Å². The molecule has 2 aliphatic heterocycles. The number of hydrogen-bond acceptors (Lipinski definition) is 3. The van der Waals surface area contributed by atoms with Crippen LogP contribution in [-0.4, -0.2) is 37.5 Å². The first-order chi connectivity index (χ1) is 7.75. The van der Waals surface area contributed by atoms with Crippen LogP contribution in [0.25, 0.3) is 0 Å². The largest absolute Gasteiger partial charge is 0.351 e. The summed E-state index contributed by atoms with van der Waals surface area (Å²) in [5.41, 5.74) is 1.26. The number of amides is 2. The summed E-state index contributed by atoms with van der Waals surface area (Å²) >= 11 is 0. The van der Waals surface area contributed by atoms with Gasteiger partial charge in [-0.1, -0.05) is 11.6 Å². The molecular formula is C11H17N3O2. The van der Waals surface area contributed by atoms with E-state index < -0.39 is 0 Å². The Labute approximate surface area is 94.7 Å². The molecule has 0 aromatic carbocycles. The van der Waals surface area contributed by atoms with Gasteiger partial charge in [-0.25, -0.2) is 0 Å². The Morgan fingerprint density at radius 2 is 2.38 bits per heavy atom. The van der Waals surface area contributed by atoms with Crippen LogP contribution in [0.15, 0.2) is 11.6 Å². The molecule has 5 nitrogen and oxygen atoms in total. The maximum Gasteiger partial charge on any atom is 0.242 e. The highest BCUT2D eigenvalue weighted by molar-refractivity contribution is 5.90. The fourth-order valence-corrected chi connectivity index (χ4v) is 1.96. The third-order valence-electron chi connectivity index (χ3n) is 2.96. The molecule has 3 N–H and O–H groups in total. The van der Waals surface area contributed by atoms with Crippen molar-refractivity contribution in [2.75, 3.05) is 19.6 Å². The summed E-state index contributed by atoms with van der Waals surface area (Å²) in [7, 11) is 0. The van der Waals surface area contributed by atoms with Crippen molar-refractivity contribution < 1.29 is 9.59 Å². The maximum atomic E-state index is 11.7. The molecule has 1 atom stereocenters. The molecule has 1 fully saturated rings. The molecule has 0 aliphatic carbocycles. The molecule has 0 aromatic heterocycles. The molecule has 0 aromatic rings. The second-order valence-electron chi connectivity index (χ2n) is 4.19. The van der Waals surface area contributed by atoms with Crippen molar-refractivity contribution in [2.45, 2.75) is 25.3 Å². The van der Waals surface area contributed by atoms with Gasteiger partial charge in [0.05, 0.1) is 0 Å². The summed E-state index contributed by atoms with van der Waals surface area (Å²) < 4.78 is 0. The maximum absolute atomic E-state index is 11.7. The SMILES string of the molecule is O=C1CC[C@@H](C(=O)NCC2=CCNCC2)N1. The van der Waals surface area contributed by atoms with E-state index in [0.717, 1.165) is 19.5 Å². The molecule has 2 aliphatic rings. The summed E-state index contributed by atoms with van der Waals surface area (Å²) in [6, 6.07) is -0.324. The lowest BCUT2D eigenvalue weighted by Gasteiger charge is -2.16. The average Bonchev–Trinajstić information content (AvgIpc) is 2.74. The van der Waals surface area contributed by atoms with Gasteiger partial charge in [-0.15, -0.1) is 0 Å². The van der Waals surface area contributed by atoms with Crippen LogP contribution in [0.3, 0.4) is 0 Å². The van der Waals surface area contributed by atoms with E-state index >= 15 is 0 Å². The van der Waals surface area contributed by atoms with Crippen LogP contribution in [0, 0.1) is 0 Å². The molecule has 0 unspecified atom stereocenters. The second kappa shape index (κ2) is 5.12. The second-order valence-corrected chi connectivity index (χ2v) is 4.19. The van der Waals surface area contributed by atoms with Gasteiger partial charge in [-0.05, 0) is 19.4 Å². The van der Waals surface area contributed by atoms with Gasteiger partial charge in [0, 0.05) is 19.5 Å². The highest BCUT2D eigenvalue weighted by Gasteiger charge is 2.26. The lowest BCUT2D eigenvalue weighted by Crippen LogP contribution is -2.42. The number of carbonyl (C=O) groups excluding carboxylic acids is 2. The van der Waals surface area contributed by atoms with Crippen LogP contribution in [0.5, 0.6) is 0 Å². The number of rotatable bonds is 3. The van der Waals surface area contributed by atoms with Gasteiger partial charge >= 0.3 is 0 Å². The number of carbonyl (C=O) groups is 2. The van der Waals surface area contributed by atoms with Crippen molar-refractivity contribution >= 4 is 11.8 Å². The van der Waals surface area contributed by atoms with E-state index in [0.29, 0.717) is 19.4 Å². The quantitative estimate of drug-likeness (QED) is 0.554. The Morgan fingerprint density at radius 1 is 1.50 bits per heavy atom. The summed E-state index contributed by atoms with van der Waals surface area (Å²) in [5, 5.41) is 8.74. The minimum absolute atomic E-state index is 0.0266. The number of nitrogens with one attached hydrogen (secondary N) is 3. The van der Waals surface area contributed by atoms with Gasteiger partial charge in [0.2, 0.25) is 11.8 Å². The first kappa shape index (κ1) is 11.1. The minimum atomic E-state index is -0.324. The van der Waals surface area contributed by atoms with Gasteiger partial charge < -0.3 is 16.0 Å². The van der Waals surface area contributed by atoms with Crippen molar-refractivity contribution in [1.82, 2.24) is 16.0 Å². The van der Waals surface area contributed by atoms with Crippen molar-refractivity contribution in [3.05, 3.63) is 11.6 Å². The van der Waals surface area contributed by atoms with E-state index in [1.807, 2.05) is 0 Å². The standard InChI is InChI=1S/C11H17N3O2/c15-10-2-1-9(14-10)11(16)13-7-8-3-5-12-6-4-8/h3,9,12H,1-2,4-7H2,(H,13,16)(H,14,15)/t9-/m0/s1. The Morgan fingerprint density at radius 3 is 3.00 bits per heavy atom. The summed E-state index contributed by atoms with van der Waals surface area (Å²) in [6.45, 7) is 2.46. The van der Waals surface area contributed by atoms with Crippen LogP contribution in [-0.2, 0) is 9.59 Å². The average molecular weight is 223 g/mol. The summed E-state index contributed by atoms with van der Waals surface area (Å²) in [5.74, 6) is -0.0912. The van der Waals surface area contributed by atoms with Crippen LogP contribution < -0.4 is 16.0 Å². The van der Waals surface area contributed by atoms with Crippen molar-refractivity contribution in [1.29, 1.82) is 0 Å². The van der Waals surface area contributed by atoms with Gasteiger partial charge in [-0.3, -0.25) is 9.59 Å². The minimum Gasteiger partial charge on any atom is -0.351 e. The van der Waals surface area contributed by atoms with Crippen LogP contribution in [0.2, 0.25) is 0 Å². The molecule has 0 radical (unpaired) electrons. The Balaban J connectivity index is 1.75. The van der Waals surface area contributed by atoms with Crippen molar-refractivity contribution in [2.24, 2.45) is 0 Å². The zero-order chi connectivity index (χ0) is 11.4. The molecule has 16 heavy (non-hydrogen) atoms. The van der Waals surface area contributed by atoms with Crippen molar-refractivity contribution in [3.8, 4) is 0 Å². The lowest BCUT2D eigenvalue weighted by atomic mass is 10.1. The number of hydrogen-bond donors (Lipinski definition) is 3. The molecule has 2 rings (SSSR count). The highest BCUT2D eigenvalue weighted by Crippen LogP contribution is 2.07. The van der Waals surface area contributed by atoms with Crippen LogP contribution in [0.4, 0.5) is 0 Å². The summed E-state index contributed by atoms with van der Waals surface area (Å²) in [4.78, 5) is 22.6. The topological polar surface area (TPSA) is 70.2 Å². The Kier molecular flexibility index (Phi) is 3.56. The first-order valence-electron chi connectivity index (χ1n) is 5.71. The Hall–Kier alpha value is -1.36. The van der Waals surface area contributed by atoms with E-state index in [1.54, 1.807) is 0 Å². The van der Waals surface area contributed by atoms with Gasteiger partial charge in [0.15, 0.2) is 0 Å². The van der Waals surface area contributed by atoms with Crippen LogP contribution in [0.1, 0.15) is 19.3 Å². The zero-order valence-corrected chi connectivity index (χ0v) is 9.21. The van der Waals surface area contributed by atoms with E-state index in [1.165, 1.54) is 5.57 Å². The fraction of sp³-hybridized carbons (Fsp3) is 0.636. The van der Waals surface area contributed by atoms with E-state index in [4.69, 9.17) is 0 Å². The smallest absolute Gasteiger partial charge is 0.242 e. The molecule has 5 heteroatoms. The molecule has 0 spiro atoms. The highest BCUT2D eigenvalue weighted by atomic mass is 16.2. The fourth-order valence-electron chi connectivity index (χ4n) is 1.96. The predicted octanol–water partition coefficient (Wildman–Crippen LogP) is -0.699. The molecular weight excluding hydrogens is 206 g/mol. The van der Waals surface area contributed by atoms with Crippen molar-refractivity contribution in [3.63, 3.8) is 0 Å². The van der Waals surface area contributed by atoms with E-state index in [-0.39, 0.29) is 17.9 Å². The monoisotopic (exact) mass is 223 g/mol. The van der Waals surface area contributed by atoms with Crippen LogP contribution >= 0.6 is 0 Å². The van der Waals surface area contributed by atoms with Gasteiger partial charge in [-0.2, -0.15) is 0 Å². The third kappa shape index (κ3) is 2.82. The molecule has 88 valence electrons. The van der Waals surface area contributed by atoms with Gasteiger partial charge in [0.25, 0.3) is 0 Å².